The maximum Gasteiger partial charge on any atom is 0.328 e. The van der Waals surface area contributed by atoms with Crippen LogP contribution >= 0.6 is 0 Å². The number of esters is 1. The van der Waals surface area contributed by atoms with Crippen molar-refractivity contribution >= 4 is 29.0 Å². The van der Waals surface area contributed by atoms with Crippen molar-refractivity contribution in [2.75, 3.05) is 30.5 Å². The molecule has 1 amide bonds. The van der Waals surface area contributed by atoms with Gasteiger partial charge >= 0.3 is 5.97 Å². The molecule has 0 fully saturated rings. The molecule has 1 N–H and O–H groups in total. The zero-order valence-corrected chi connectivity index (χ0v) is 26.7. The highest BCUT2D eigenvalue weighted by atomic mass is 16.5. The van der Waals surface area contributed by atoms with Crippen LogP contribution in [0.3, 0.4) is 0 Å². The normalized spacial score (nSPS) is 11.8. The summed E-state index contributed by atoms with van der Waals surface area (Å²) in [6.07, 6.45) is 0.763. The lowest BCUT2D eigenvalue weighted by molar-refractivity contribution is -0.141. The van der Waals surface area contributed by atoms with E-state index in [1.54, 1.807) is 35.2 Å². The molecule has 0 aliphatic rings. The number of benzene rings is 4. The maximum absolute atomic E-state index is 13.2. The van der Waals surface area contributed by atoms with E-state index in [1.807, 2.05) is 79.7 Å². The number of aryl methyl sites for hydroxylation is 1. The summed E-state index contributed by atoms with van der Waals surface area (Å²) in [6.45, 7) is 8.91. The number of nitrogens with zero attached hydrogens (tertiary/aromatic N) is 1. The average molecular weight is 607 g/mol. The quantitative estimate of drug-likeness (QED) is 0.127. The van der Waals surface area contributed by atoms with Gasteiger partial charge in [-0.15, -0.1) is 0 Å². The Morgan fingerprint density at radius 2 is 1.53 bits per heavy atom. The SMILES string of the molecule is COC(=O)C(Cc1ccc(OCCN(C(=O)CC(C)(C)C)c2cccc(C)c2)cc1)Nc1ccccc1C(=O)c1ccccc1. The second-order valence-corrected chi connectivity index (χ2v) is 12.3. The number of ether oxygens (including phenoxy) is 2. The van der Waals surface area contributed by atoms with Gasteiger partial charge in [0.25, 0.3) is 0 Å². The van der Waals surface area contributed by atoms with E-state index in [9.17, 15) is 14.4 Å². The van der Waals surface area contributed by atoms with Crippen molar-refractivity contribution in [1.29, 1.82) is 0 Å². The van der Waals surface area contributed by atoms with Gasteiger partial charge in [0.2, 0.25) is 5.91 Å². The molecule has 0 aliphatic carbocycles. The van der Waals surface area contributed by atoms with E-state index in [4.69, 9.17) is 9.47 Å². The van der Waals surface area contributed by atoms with Crippen LogP contribution < -0.4 is 15.0 Å². The van der Waals surface area contributed by atoms with Gasteiger partial charge < -0.3 is 19.7 Å². The third kappa shape index (κ3) is 9.54. The molecule has 45 heavy (non-hydrogen) atoms. The highest BCUT2D eigenvalue weighted by molar-refractivity contribution is 6.12. The van der Waals surface area contributed by atoms with Gasteiger partial charge in [-0.2, -0.15) is 0 Å². The van der Waals surface area contributed by atoms with Crippen molar-refractivity contribution < 1.29 is 23.9 Å². The first-order valence-electron chi connectivity index (χ1n) is 15.2. The minimum atomic E-state index is -0.719. The molecular formula is C38H42N2O5. The first-order valence-corrected chi connectivity index (χ1v) is 15.2. The highest BCUT2D eigenvalue weighted by Crippen LogP contribution is 2.25. The smallest absolute Gasteiger partial charge is 0.328 e. The van der Waals surface area contributed by atoms with E-state index in [1.165, 1.54) is 7.11 Å². The standard InChI is InChI=1S/C38H42N2O5/c1-27-12-11-15-30(24-27)40(35(41)26-38(2,3)4)22-23-45-31-20-18-28(19-21-31)25-34(37(43)44-5)39-33-17-10-9-16-32(33)36(42)29-13-7-6-8-14-29/h6-21,24,34,39H,22-23,25-26H2,1-5H3. The number of carbonyl (C=O) groups is 3. The number of anilines is 2. The fourth-order valence-corrected chi connectivity index (χ4v) is 5.03. The van der Waals surface area contributed by atoms with Crippen LogP contribution in [0.5, 0.6) is 5.75 Å². The first kappa shape index (κ1) is 33.0. The van der Waals surface area contributed by atoms with Crippen molar-refractivity contribution in [1.82, 2.24) is 0 Å². The summed E-state index contributed by atoms with van der Waals surface area (Å²) in [5, 5.41) is 3.24. The molecule has 0 spiro atoms. The molecule has 4 aromatic rings. The van der Waals surface area contributed by atoms with Crippen molar-refractivity contribution in [3.63, 3.8) is 0 Å². The summed E-state index contributed by atoms with van der Waals surface area (Å²) in [5.41, 5.74) is 4.30. The molecule has 0 saturated heterocycles. The van der Waals surface area contributed by atoms with E-state index in [2.05, 4.69) is 26.1 Å². The van der Waals surface area contributed by atoms with E-state index in [-0.39, 0.29) is 17.1 Å². The molecule has 234 valence electrons. The molecule has 0 aliphatic heterocycles. The number of hydrogen-bond acceptors (Lipinski definition) is 6. The Labute approximate surface area is 266 Å². The molecular weight excluding hydrogens is 564 g/mol. The Balaban J connectivity index is 1.42. The van der Waals surface area contributed by atoms with Gasteiger partial charge in [0, 0.05) is 35.3 Å². The molecule has 1 atom stereocenters. The Morgan fingerprint density at radius 3 is 2.20 bits per heavy atom. The molecule has 0 heterocycles. The van der Waals surface area contributed by atoms with Gasteiger partial charge in [0.15, 0.2) is 5.78 Å². The Hall–Kier alpha value is -4.91. The summed E-state index contributed by atoms with van der Waals surface area (Å²) in [4.78, 5) is 41.0. The number of carbonyl (C=O) groups excluding carboxylic acids is 3. The lowest BCUT2D eigenvalue weighted by Gasteiger charge is -2.27. The van der Waals surface area contributed by atoms with Crippen LogP contribution in [0, 0.1) is 12.3 Å². The van der Waals surface area contributed by atoms with Crippen molar-refractivity contribution in [2.45, 2.75) is 46.6 Å². The number of ketones is 1. The van der Waals surface area contributed by atoms with Crippen LogP contribution in [0.2, 0.25) is 0 Å². The van der Waals surface area contributed by atoms with Gasteiger partial charge in [-0.05, 0) is 59.9 Å². The van der Waals surface area contributed by atoms with E-state index in [0.717, 1.165) is 16.8 Å². The van der Waals surface area contributed by atoms with Crippen LogP contribution in [0.4, 0.5) is 11.4 Å². The zero-order valence-electron chi connectivity index (χ0n) is 26.7. The number of rotatable bonds is 13. The minimum Gasteiger partial charge on any atom is -0.492 e. The average Bonchev–Trinajstić information content (AvgIpc) is 3.02. The lowest BCUT2D eigenvalue weighted by Crippen LogP contribution is -2.36. The number of methoxy groups -OCH3 is 1. The monoisotopic (exact) mass is 606 g/mol. The van der Waals surface area contributed by atoms with Gasteiger partial charge in [0.1, 0.15) is 18.4 Å². The minimum absolute atomic E-state index is 0.0560. The van der Waals surface area contributed by atoms with E-state index >= 15 is 0 Å². The highest BCUT2D eigenvalue weighted by Gasteiger charge is 2.24. The third-order valence-corrected chi connectivity index (χ3v) is 7.27. The second kappa shape index (κ2) is 15.2. The molecule has 0 radical (unpaired) electrons. The fourth-order valence-electron chi connectivity index (χ4n) is 5.03. The lowest BCUT2D eigenvalue weighted by atomic mass is 9.91. The predicted octanol–water partition coefficient (Wildman–Crippen LogP) is 7.27. The zero-order chi connectivity index (χ0) is 32.4. The molecule has 0 saturated carbocycles. The van der Waals surface area contributed by atoms with Gasteiger partial charge in [0.05, 0.1) is 13.7 Å². The molecule has 7 nitrogen and oxygen atoms in total. The van der Waals surface area contributed by atoms with Crippen molar-refractivity contribution in [3.8, 4) is 5.75 Å². The fraction of sp³-hybridized carbons (Fsp3) is 0.289. The number of para-hydroxylation sites is 1. The summed E-state index contributed by atoms with van der Waals surface area (Å²) < 4.78 is 11.1. The first-order chi connectivity index (χ1) is 21.5. The van der Waals surface area contributed by atoms with Crippen LogP contribution in [-0.2, 0) is 20.7 Å². The number of amides is 1. The number of nitrogens with one attached hydrogen (secondary N) is 1. The predicted molar refractivity (Wildman–Crippen MR) is 179 cm³/mol. The third-order valence-electron chi connectivity index (χ3n) is 7.27. The van der Waals surface area contributed by atoms with E-state index < -0.39 is 12.0 Å². The Morgan fingerprint density at radius 1 is 0.844 bits per heavy atom. The van der Waals surface area contributed by atoms with Gasteiger partial charge in [-0.1, -0.05) is 87.5 Å². The van der Waals surface area contributed by atoms with Crippen LogP contribution in [0.25, 0.3) is 0 Å². The largest absolute Gasteiger partial charge is 0.492 e. The van der Waals surface area contributed by atoms with Crippen molar-refractivity contribution in [3.05, 3.63) is 125 Å². The second-order valence-electron chi connectivity index (χ2n) is 12.3. The molecule has 0 bridgehead atoms. The number of hydrogen-bond donors (Lipinski definition) is 1. The summed E-state index contributed by atoms with van der Waals surface area (Å²) >= 11 is 0. The van der Waals surface area contributed by atoms with Crippen LogP contribution in [0.1, 0.15) is 54.2 Å². The Bertz CT molecular complexity index is 1590. The van der Waals surface area contributed by atoms with Crippen LogP contribution in [0.15, 0.2) is 103 Å². The summed E-state index contributed by atoms with van der Waals surface area (Å²) in [5.74, 6) is 0.145. The van der Waals surface area contributed by atoms with Crippen molar-refractivity contribution in [2.24, 2.45) is 5.41 Å². The van der Waals surface area contributed by atoms with Gasteiger partial charge in [-0.25, -0.2) is 4.79 Å². The summed E-state index contributed by atoms with van der Waals surface area (Å²) in [7, 11) is 1.35. The van der Waals surface area contributed by atoms with Crippen LogP contribution in [-0.4, -0.2) is 44.0 Å². The molecule has 1 unspecified atom stereocenters. The molecule has 4 aromatic carbocycles. The maximum atomic E-state index is 13.2. The Kier molecular flexibility index (Phi) is 11.1. The van der Waals surface area contributed by atoms with E-state index in [0.29, 0.717) is 48.6 Å². The molecule has 7 heteroatoms. The molecule has 4 rings (SSSR count). The topological polar surface area (TPSA) is 84.9 Å². The van der Waals surface area contributed by atoms with Gasteiger partial charge in [-0.3, -0.25) is 9.59 Å². The summed E-state index contributed by atoms with van der Waals surface area (Å²) in [6, 6.07) is 30.9. The molecule has 0 aromatic heterocycles.